The summed E-state index contributed by atoms with van der Waals surface area (Å²) in [6.07, 6.45) is 4.80. The Morgan fingerprint density at radius 1 is 1.26 bits per heavy atom. The van der Waals surface area contributed by atoms with Gasteiger partial charge in [0.15, 0.2) is 0 Å². The maximum atomic E-state index is 12.2. The molecule has 19 heavy (non-hydrogen) atoms. The third kappa shape index (κ3) is 3.36. The number of thiophene rings is 1. The summed E-state index contributed by atoms with van der Waals surface area (Å²) in [7, 11) is 0. The number of halogens is 1. The molecule has 6 heteroatoms. The fourth-order valence-corrected chi connectivity index (χ4v) is 3.76. The topological polar surface area (TPSA) is 66.4 Å². The molecule has 1 aliphatic carbocycles. The molecular weight excluding hydrogens is 330 g/mol. The molecule has 0 radical (unpaired) electrons. The number of carbonyl (C=O) groups excluding carboxylic acids is 1. The van der Waals surface area contributed by atoms with Crippen molar-refractivity contribution in [3.8, 4) is 0 Å². The average molecular weight is 346 g/mol. The van der Waals surface area contributed by atoms with Gasteiger partial charge in [0.05, 0.1) is 4.88 Å². The fourth-order valence-electron chi connectivity index (χ4n) is 2.44. The molecule has 1 saturated carbocycles. The standard InChI is InChI=1S/C13H16BrNO3S/c14-9-7-10(19-8-9)11(16)15-13(12(17)18)5-3-1-2-4-6-13/h7-8H,1-6H2,(H,15,16)(H,17,18). The van der Waals surface area contributed by atoms with E-state index >= 15 is 0 Å². The monoisotopic (exact) mass is 345 g/mol. The molecule has 1 aromatic rings. The highest BCUT2D eigenvalue weighted by Crippen LogP contribution is 2.29. The molecule has 2 rings (SSSR count). The van der Waals surface area contributed by atoms with E-state index in [1.165, 1.54) is 11.3 Å². The van der Waals surface area contributed by atoms with Crippen LogP contribution in [0.5, 0.6) is 0 Å². The van der Waals surface area contributed by atoms with Crippen LogP contribution in [-0.4, -0.2) is 22.5 Å². The Morgan fingerprint density at radius 3 is 2.37 bits per heavy atom. The van der Waals surface area contributed by atoms with E-state index in [0.717, 1.165) is 30.2 Å². The van der Waals surface area contributed by atoms with E-state index < -0.39 is 11.5 Å². The van der Waals surface area contributed by atoms with Crippen LogP contribution in [0.2, 0.25) is 0 Å². The minimum atomic E-state index is -1.09. The maximum Gasteiger partial charge on any atom is 0.329 e. The van der Waals surface area contributed by atoms with Gasteiger partial charge in [0.2, 0.25) is 0 Å². The number of amides is 1. The molecule has 0 saturated heterocycles. The molecule has 0 spiro atoms. The van der Waals surface area contributed by atoms with Crippen LogP contribution < -0.4 is 5.32 Å². The van der Waals surface area contributed by atoms with E-state index in [9.17, 15) is 14.7 Å². The lowest BCUT2D eigenvalue weighted by molar-refractivity contribution is -0.145. The van der Waals surface area contributed by atoms with Crippen LogP contribution in [0.3, 0.4) is 0 Å². The molecule has 1 aliphatic rings. The predicted molar refractivity (Wildman–Crippen MR) is 77.6 cm³/mol. The average Bonchev–Trinajstić information content (AvgIpc) is 2.65. The van der Waals surface area contributed by atoms with Crippen molar-refractivity contribution in [1.29, 1.82) is 0 Å². The maximum absolute atomic E-state index is 12.2. The van der Waals surface area contributed by atoms with Crippen molar-refractivity contribution in [3.05, 3.63) is 20.8 Å². The first-order valence-corrected chi connectivity index (χ1v) is 8.01. The summed E-state index contributed by atoms with van der Waals surface area (Å²) in [5.74, 6) is -1.21. The lowest BCUT2D eigenvalue weighted by Crippen LogP contribution is -2.54. The Morgan fingerprint density at radius 2 is 1.89 bits per heavy atom. The molecule has 1 aromatic heterocycles. The minimum Gasteiger partial charge on any atom is -0.480 e. The van der Waals surface area contributed by atoms with Crippen LogP contribution in [0.4, 0.5) is 0 Å². The van der Waals surface area contributed by atoms with Crippen molar-refractivity contribution in [2.24, 2.45) is 0 Å². The van der Waals surface area contributed by atoms with Crippen molar-refractivity contribution in [2.75, 3.05) is 0 Å². The van der Waals surface area contributed by atoms with Gasteiger partial charge in [-0.2, -0.15) is 0 Å². The molecule has 1 heterocycles. The van der Waals surface area contributed by atoms with Crippen molar-refractivity contribution in [1.82, 2.24) is 5.32 Å². The second-order valence-corrected chi connectivity index (χ2v) is 6.71. The molecule has 4 nitrogen and oxygen atoms in total. The van der Waals surface area contributed by atoms with E-state index in [1.807, 2.05) is 5.38 Å². The predicted octanol–water partition coefficient (Wildman–Crippen LogP) is 3.42. The molecule has 0 atom stereocenters. The molecule has 0 aliphatic heterocycles. The highest BCUT2D eigenvalue weighted by Gasteiger charge is 2.40. The van der Waals surface area contributed by atoms with Gasteiger partial charge in [-0.15, -0.1) is 11.3 Å². The van der Waals surface area contributed by atoms with Gasteiger partial charge < -0.3 is 10.4 Å². The van der Waals surface area contributed by atoms with Crippen molar-refractivity contribution >= 4 is 39.1 Å². The Hall–Kier alpha value is -0.880. The molecule has 0 bridgehead atoms. The summed E-state index contributed by atoms with van der Waals surface area (Å²) < 4.78 is 0.841. The molecule has 104 valence electrons. The van der Waals surface area contributed by atoms with E-state index in [0.29, 0.717) is 17.7 Å². The summed E-state index contributed by atoms with van der Waals surface area (Å²) in [6.45, 7) is 0. The molecule has 0 unspecified atom stereocenters. The summed E-state index contributed by atoms with van der Waals surface area (Å²) in [5.41, 5.74) is -1.09. The van der Waals surface area contributed by atoms with Gasteiger partial charge in [0, 0.05) is 9.85 Å². The number of rotatable bonds is 3. The highest BCUT2D eigenvalue weighted by atomic mass is 79.9. The Bertz CT molecular complexity index is 478. The Labute approximate surface area is 124 Å². The van der Waals surface area contributed by atoms with E-state index in [4.69, 9.17) is 0 Å². The minimum absolute atomic E-state index is 0.292. The van der Waals surface area contributed by atoms with Gasteiger partial charge in [-0.05, 0) is 34.8 Å². The van der Waals surface area contributed by atoms with Gasteiger partial charge >= 0.3 is 5.97 Å². The Kier molecular flexibility index (Phi) is 4.62. The Balaban J connectivity index is 2.16. The van der Waals surface area contributed by atoms with E-state index in [1.54, 1.807) is 6.07 Å². The zero-order valence-electron chi connectivity index (χ0n) is 10.4. The van der Waals surface area contributed by atoms with Gasteiger partial charge in [0.1, 0.15) is 5.54 Å². The zero-order valence-corrected chi connectivity index (χ0v) is 12.8. The lowest BCUT2D eigenvalue weighted by atomic mass is 9.90. The fraction of sp³-hybridized carbons (Fsp3) is 0.538. The van der Waals surface area contributed by atoms with Gasteiger partial charge in [-0.25, -0.2) is 4.79 Å². The van der Waals surface area contributed by atoms with Crippen LogP contribution in [0.15, 0.2) is 15.9 Å². The van der Waals surface area contributed by atoms with Crippen molar-refractivity contribution in [2.45, 2.75) is 44.1 Å². The normalized spacial score (nSPS) is 18.6. The second-order valence-electron chi connectivity index (χ2n) is 4.88. The molecule has 0 aromatic carbocycles. The van der Waals surface area contributed by atoms with Crippen LogP contribution in [0, 0.1) is 0 Å². The zero-order chi connectivity index (χ0) is 13.9. The number of carboxylic acids is 1. The van der Waals surface area contributed by atoms with Crippen LogP contribution >= 0.6 is 27.3 Å². The van der Waals surface area contributed by atoms with Gasteiger partial charge in [-0.1, -0.05) is 25.7 Å². The summed E-state index contributed by atoms with van der Waals surface area (Å²) in [4.78, 5) is 24.3. The number of hydrogen-bond acceptors (Lipinski definition) is 3. The van der Waals surface area contributed by atoms with Gasteiger partial charge in [0.25, 0.3) is 5.91 Å². The first-order valence-electron chi connectivity index (χ1n) is 6.33. The quantitative estimate of drug-likeness (QED) is 0.824. The van der Waals surface area contributed by atoms with Crippen molar-refractivity contribution < 1.29 is 14.7 Å². The molecule has 2 N–H and O–H groups in total. The summed E-state index contributed by atoms with van der Waals surface area (Å²) >= 11 is 4.60. The van der Waals surface area contributed by atoms with Crippen LogP contribution in [-0.2, 0) is 4.79 Å². The number of carbonyl (C=O) groups is 2. The summed E-state index contributed by atoms with van der Waals surface area (Å²) in [6, 6.07) is 1.71. The van der Waals surface area contributed by atoms with Crippen LogP contribution in [0.1, 0.15) is 48.2 Å². The second kappa shape index (κ2) is 6.05. The first kappa shape index (κ1) is 14.5. The molecule has 1 amide bonds. The van der Waals surface area contributed by atoms with Gasteiger partial charge in [-0.3, -0.25) is 4.79 Å². The third-order valence-electron chi connectivity index (χ3n) is 3.51. The lowest BCUT2D eigenvalue weighted by Gasteiger charge is -2.29. The molecule has 1 fully saturated rings. The largest absolute Gasteiger partial charge is 0.480 e. The molecular formula is C13H16BrNO3S. The first-order chi connectivity index (χ1) is 9.03. The van der Waals surface area contributed by atoms with E-state index in [2.05, 4.69) is 21.2 Å². The van der Waals surface area contributed by atoms with Crippen LogP contribution in [0.25, 0.3) is 0 Å². The number of carboxylic acid groups (broad SMARTS) is 1. The van der Waals surface area contributed by atoms with Crippen molar-refractivity contribution in [3.63, 3.8) is 0 Å². The smallest absolute Gasteiger partial charge is 0.329 e. The highest BCUT2D eigenvalue weighted by molar-refractivity contribution is 9.10. The van der Waals surface area contributed by atoms with E-state index in [-0.39, 0.29) is 5.91 Å². The summed E-state index contributed by atoms with van der Waals surface area (Å²) in [5, 5.41) is 14.1. The SMILES string of the molecule is O=C(NC1(C(=O)O)CCCCCC1)c1cc(Br)cs1. The number of nitrogens with one attached hydrogen (secondary N) is 1. The third-order valence-corrected chi connectivity index (χ3v) is 5.20. The number of aliphatic carboxylic acids is 1. The number of hydrogen-bond donors (Lipinski definition) is 2.